The third-order valence-corrected chi connectivity index (χ3v) is 7.85. The van der Waals surface area contributed by atoms with Crippen LogP contribution in [-0.4, -0.2) is 57.9 Å². The van der Waals surface area contributed by atoms with E-state index in [1.54, 1.807) is 30.4 Å². The van der Waals surface area contributed by atoms with Crippen LogP contribution >= 0.6 is 0 Å². The van der Waals surface area contributed by atoms with Crippen LogP contribution < -0.4 is 4.74 Å². The van der Waals surface area contributed by atoms with Gasteiger partial charge in [0, 0.05) is 47.5 Å². The number of rotatable bonds is 6. The topological polar surface area (TPSA) is 95.8 Å². The van der Waals surface area contributed by atoms with Crippen LogP contribution in [0, 0.1) is 6.92 Å². The van der Waals surface area contributed by atoms with Crippen molar-refractivity contribution in [3.63, 3.8) is 0 Å². The van der Waals surface area contributed by atoms with Crippen LogP contribution in [0.15, 0.2) is 61.2 Å². The highest BCUT2D eigenvalue weighted by molar-refractivity contribution is 5.95. The van der Waals surface area contributed by atoms with Gasteiger partial charge in [-0.1, -0.05) is 12.1 Å². The lowest BCUT2D eigenvalue weighted by atomic mass is 9.84. The molecule has 2 aromatic heterocycles. The summed E-state index contributed by atoms with van der Waals surface area (Å²) in [5.41, 5.74) is 4.80. The van der Waals surface area contributed by atoms with E-state index in [1.807, 2.05) is 70.2 Å². The first kappa shape index (κ1) is 29.3. The average molecular weight is 571 g/mol. The van der Waals surface area contributed by atoms with Crippen molar-refractivity contribution in [2.45, 2.75) is 64.6 Å². The van der Waals surface area contributed by atoms with Gasteiger partial charge in [-0.05, 0) is 88.5 Å². The molecule has 42 heavy (non-hydrogen) atoms. The molecule has 2 atom stereocenters. The Hall–Kier alpha value is -4.24. The zero-order valence-corrected chi connectivity index (χ0v) is 25.1. The Kier molecular flexibility index (Phi) is 8.31. The fourth-order valence-electron chi connectivity index (χ4n) is 5.89. The Morgan fingerprint density at radius 1 is 1.07 bits per heavy atom. The summed E-state index contributed by atoms with van der Waals surface area (Å²) in [5.74, 6) is 0.685. The number of piperidine rings is 1. The molecule has 0 amide bonds. The number of ether oxygens (including phenoxy) is 3. The summed E-state index contributed by atoms with van der Waals surface area (Å²) in [7, 11) is 3.07. The number of hydrogen-bond acceptors (Lipinski definition) is 8. The maximum Gasteiger partial charge on any atom is 0.419 e. The number of nitrogens with zero attached hydrogens (tertiary/aromatic N) is 4. The van der Waals surface area contributed by atoms with Gasteiger partial charge < -0.3 is 14.2 Å². The number of hydrogen-bond donors (Lipinski definition) is 0. The monoisotopic (exact) mass is 570 g/mol. The van der Waals surface area contributed by atoms with E-state index in [1.165, 1.54) is 7.11 Å². The van der Waals surface area contributed by atoms with Crippen molar-refractivity contribution in [1.29, 1.82) is 0 Å². The summed E-state index contributed by atoms with van der Waals surface area (Å²) < 4.78 is 18.1. The van der Waals surface area contributed by atoms with Gasteiger partial charge in [0.05, 0.1) is 25.3 Å². The Balaban J connectivity index is 1.53. The maximum atomic E-state index is 13.1. The van der Waals surface area contributed by atoms with E-state index in [0.29, 0.717) is 12.1 Å². The zero-order valence-electron chi connectivity index (χ0n) is 25.1. The van der Waals surface area contributed by atoms with Crippen molar-refractivity contribution in [3.05, 3.63) is 89.1 Å². The van der Waals surface area contributed by atoms with Crippen molar-refractivity contribution < 1.29 is 23.8 Å². The molecule has 0 N–H and O–H groups in total. The number of carbonyl (C=O) groups excluding carboxylic acids is 2. The molecule has 0 saturated carbocycles. The minimum atomic E-state index is -0.610. The summed E-state index contributed by atoms with van der Waals surface area (Å²) >= 11 is 0. The van der Waals surface area contributed by atoms with Gasteiger partial charge in [-0.25, -0.2) is 19.6 Å². The van der Waals surface area contributed by atoms with Crippen LogP contribution in [-0.2, 0) is 16.0 Å². The molecule has 0 bridgehead atoms. The predicted molar refractivity (Wildman–Crippen MR) is 160 cm³/mol. The van der Waals surface area contributed by atoms with Crippen LogP contribution in [0.2, 0.25) is 0 Å². The van der Waals surface area contributed by atoms with Crippen LogP contribution in [0.5, 0.6) is 5.75 Å². The van der Waals surface area contributed by atoms with E-state index in [9.17, 15) is 9.59 Å². The summed E-state index contributed by atoms with van der Waals surface area (Å²) in [4.78, 5) is 36.3. The molecule has 220 valence electrons. The molecule has 1 unspecified atom stereocenters. The molecule has 1 saturated heterocycles. The van der Waals surface area contributed by atoms with Crippen molar-refractivity contribution >= 4 is 23.0 Å². The number of carbonyl (C=O) groups is 2. The maximum absolute atomic E-state index is 13.1. The van der Waals surface area contributed by atoms with Gasteiger partial charge in [-0.15, -0.1) is 0 Å². The van der Waals surface area contributed by atoms with Crippen molar-refractivity contribution in [1.82, 2.24) is 19.4 Å². The van der Waals surface area contributed by atoms with E-state index in [0.717, 1.165) is 58.4 Å². The lowest BCUT2D eigenvalue weighted by Gasteiger charge is -2.40. The second-order valence-corrected chi connectivity index (χ2v) is 11.8. The fourth-order valence-corrected chi connectivity index (χ4v) is 5.89. The van der Waals surface area contributed by atoms with Gasteiger partial charge in [0.25, 0.3) is 0 Å². The second kappa shape index (κ2) is 11.9. The number of esters is 1. The van der Waals surface area contributed by atoms with E-state index in [4.69, 9.17) is 14.2 Å². The highest BCUT2D eigenvalue weighted by Gasteiger charge is 2.33. The van der Waals surface area contributed by atoms with E-state index in [2.05, 4.69) is 14.9 Å². The quantitative estimate of drug-likeness (QED) is 0.245. The Labute approximate surface area is 246 Å². The molecule has 1 fully saturated rings. The van der Waals surface area contributed by atoms with Gasteiger partial charge >= 0.3 is 12.1 Å². The third-order valence-electron chi connectivity index (χ3n) is 7.85. The molecule has 5 rings (SSSR count). The van der Waals surface area contributed by atoms with Gasteiger partial charge in [-0.2, -0.15) is 0 Å². The van der Waals surface area contributed by atoms with Crippen LogP contribution in [0.4, 0.5) is 4.79 Å². The number of likely N-dealkylation sites (tertiary alicyclic amines) is 1. The molecular weight excluding hydrogens is 532 g/mol. The lowest BCUT2D eigenvalue weighted by molar-refractivity contribution is 0.0542. The highest BCUT2D eigenvalue weighted by Crippen LogP contribution is 2.42. The van der Waals surface area contributed by atoms with E-state index in [-0.39, 0.29) is 17.9 Å². The number of fused-ring (bicyclic) bond motifs is 1. The van der Waals surface area contributed by atoms with Crippen molar-refractivity contribution in [2.24, 2.45) is 0 Å². The fraction of sp³-hybridized carbons (Fsp3) is 0.394. The standard InChI is InChI=1S/C33H38N4O5/c1-21-17-29(40-5)26(25-13-16-37(30(21)25)32(39)42-33(2,3)4)19-36-15-12-24(27-11-14-34-20-35-27)18-28(36)22-7-9-23(10-8-22)31(38)41-6/h7-11,13-14,16-17,20,24,28H,12,15,18-19H2,1-6H3/t24?,28-/m0/s1. The zero-order chi connectivity index (χ0) is 30.0. The predicted octanol–water partition coefficient (Wildman–Crippen LogP) is 6.44. The lowest BCUT2D eigenvalue weighted by Crippen LogP contribution is -2.36. The molecule has 2 aromatic carbocycles. The SMILES string of the molecule is COC(=O)c1ccc([C@@H]2CC(c3ccncn3)CCN2Cc2c(OC)cc(C)c3c2ccn3C(=O)OC(C)(C)C)cc1. The first-order valence-corrected chi connectivity index (χ1v) is 14.2. The molecule has 0 spiro atoms. The van der Waals surface area contributed by atoms with E-state index < -0.39 is 11.7 Å². The first-order chi connectivity index (χ1) is 20.1. The molecule has 0 radical (unpaired) electrons. The van der Waals surface area contributed by atoms with Crippen molar-refractivity contribution in [2.75, 3.05) is 20.8 Å². The van der Waals surface area contributed by atoms with Gasteiger partial charge in [-0.3, -0.25) is 9.47 Å². The van der Waals surface area contributed by atoms with Crippen LogP contribution in [0.1, 0.15) is 78.3 Å². The van der Waals surface area contributed by atoms with Crippen molar-refractivity contribution in [3.8, 4) is 5.75 Å². The first-order valence-electron chi connectivity index (χ1n) is 14.2. The normalized spacial score (nSPS) is 17.7. The second-order valence-electron chi connectivity index (χ2n) is 11.8. The molecule has 1 aliphatic rings. The molecule has 1 aliphatic heterocycles. The average Bonchev–Trinajstić information content (AvgIpc) is 3.44. The summed E-state index contributed by atoms with van der Waals surface area (Å²) in [6, 6.07) is 13.7. The minimum Gasteiger partial charge on any atom is -0.496 e. The molecule has 9 heteroatoms. The number of aryl methyl sites for hydroxylation is 1. The summed E-state index contributed by atoms with van der Waals surface area (Å²) in [6.07, 6.45) is 6.54. The molecule has 0 aliphatic carbocycles. The molecular formula is C33H38N4O5. The number of benzene rings is 2. The molecule has 9 nitrogen and oxygen atoms in total. The Morgan fingerprint density at radius 2 is 1.83 bits per heavy atom. The van der Waals surface area contributed by atoms with Gasteiger partial charge in [0.2, 0.25) is 0 Å². The number of methoxy groups -OCH3 is 2. The van der Waals surface area contributed by atoms with Gasteiger partial charge in [0.1, 0.15) is 17.7 Å². The van der Waals surface area contributed by atoms with E-state index >= 15 is 0 Å². The smallest absolute Gasteiger partial charge is 0.419 e. The molecule has 4 aromatic rings. The Bertz CT molecular complexity index is 1570. The third kappa shape index (κ3) is 6.01. The largest absolute Gasteiger partial charge is 0.496 e. The van der Waals surface area contributed by atoms with Gasteiger partial charge in [0.15, 0.2) is 0 Å². The summed E-state index contributed by atoms with van der Waals surface area (Å²) in [5, 5.41) is 0.954. The highest BCUT2D eigenvalue weighted by atomic mass is 16.6. The number of aromatic nitrogens is 3. The molecule has 3 heterocycles. The Morgan fingerprint density at radius 3 is 2.48 bits per heavy atom. The summed E-state index contributed by atoms with van der Waals surface area (Å²) in [6.45, 7) is 9.00. The van der Waals surface area contributed by atoms with Crippen LogP contribution in [0.3, 0.4) is 0 Å². The van der Waals surface area contributed by atoms with Crippen LogP contribution in [0.25, 0.3) is 10.9 Å². The minimum absolute atomic E-state index is 0.0550.